The van der Waals surface area contributed by atoms with Gasteiger partial charge in [-0.1, -0.05) is 0 Å². The van der Waals surface area contributed by atoms with Crippen LogP contribution in [0.1, 0.15) is 19.3 Å². The highest BCUT2D eigenvalue weighted by molar-refractivity contribution is 4.88. The van der Waals surface area contributed by atoms with Crippen LogP contribution in [0.4, 0.5) is 0 Å². The van der Waals surface area contributed by atoms with Gasteiger partial charge in [0.15, 0.2) is 0 Å². The average molecular weight is 203 g/mol. The molecule has 0 aromatic rings. The van der Waals surface area contributed by atoms with Crippen molar-refractivity contribution in [2.45, 2.75) is 37.5 Å². The normalized spacial score (nSPS) is 28.5. The molecule has 0 spiro atoms. The second kappa shape index (κ2) is 6.35. The molecule has 1 saturated carbocycles. The van der Waals surface area contributed by atoms with Crippen molar-refractivity contribution in [2.24, 2.45) is 0 Å². The Kier molecular flexibility index (Phi) is 5.40. The van der Waals surface area contributed by atoms with Crippen molar-refractivity contribution in [3.8, 4) is 0 Å². The van der Waals surface area contributed by atoms with Crippen LogP contribution in [-0.4, -0.2) is 50.7 Å². The molecule has 14 heavy (non-hydrogen) atoms. The highest BCUT2D eigenvalue weighted by Crippen LogP contribution is 2.23. The van der Waals surface area contributed by atoms with Gasteiger partial charge < -0.3 is 19.9 Å². The van der Waals surface area contributed by atoms with Gasteiger partial charge in [-0.05, 0) is 19.3 Å². The molecule has 0 aromatic heterocycles. The van der Waals surface area contributed by atoms with Crippen LogP contribution in [0.5, 0.6) is 0 Å². The number of aliphatic hydroxyl groups is 1. The van der Waals surface area contributed by atoms with Crippen molar-refractivity contribution < 1.29 is 14.6 Å². The fraction of sp³-hybridized carbons (Fsp3) is 1.00. The molecule has 0 aliphatic heterocycles. The number of rotatable bonds is 7. The van der Waals surface area contributed by atoms with Crippen LogP contribution in [0.15, 0.2) is 0 Å². The molecule has 84 valence electrons. The maximum absolute atomic E-state index is 8.84. The summed E-state index contributed by atoms with van der Waals surface area (Å²) >= 11 is 0. The smallest absolute Gasteiger partial charge is 0.0616 e. The number of hydrogen-bond acceptors (Lipinski definition) is 4. The van der Waals surface area contributed by atoms with Gasteiger partial charge in [0.2, 0.25) is 0 Å². The van der Waals surface area contributed by atoms with Gasteiger partial charge in [0.1, 0.15) is 0 Å². The predicted molar refractivity (Wildman–Crippen MR) is 54.3 cm³/mol. The summed E-state index contributed by atoms with van der Waals surface area (Å²) in [6, 6.07) is 0.805. The molecule has 0 amide bonds. The third-order valence-electron chi connectivity index (χ3n) is 2.74. The van der Waals surface area contributed by atoms with E-state index >= 15 is 0 Å². The molecule has 4 nitrogen and oxygen atoms in total. The SMILES string of the molecule is COCC(CCO)NC1CC(OC)C1. The first-order valence-corrected chi connectivity index (χ1v) is 5.18. The monoisotopic (exact) mass is 203 g/mol. The van der Waals surface area contributed by atoms with Crippen LogP contribution in [0.25, 0.3) is 0 Å². The van der Waals surface area contributed by atoms with E-state index < -0.39 is 0 Å². The highest BCUT2D eigenvalue weighted by atomic mass is 16.5. The summed E-state index contributed by atoms with van der Waals surface area (Å²) < 4.78 is 10.3. The fourth-order valence-corrected chi connectivity index (χ4v) is 1.80. The summed E-state index contributed by atoms with van der Waals surface area (Å²) in [6.45, 7) is 0.871. The Morgan fingerprint density at radius 2 is 2.14 bits per heavy atom. The largest absolute Gasteiger partial charge is 0.396 e. The lowest BCUT2D eigenvalue weighted by atomic mass is 9.88. The first kappa shape index (κ1) is 11.9. The van der Waals surface area contributed by atoms with Crippen LogP contribution in [-0.2, 0) is 9.47 Å². The molecule has 0 aromatic carbocycles. The highest BCUT2D eigenvalue weighted by Gasteiger charge is 2.30. The third kappa shape index (κ3) is 3.53. The second-order valence-electron chi connectivity index (χ2n) is 3.86. The molecule has 4 heteroatoms. The van der Waals surface area contributed by atoms with Crippen LogP contribution >= 0.6 is 0 Å². The van der Waals surface area contributed by atoms with Crippen molar-refractivity contribution in [1.82, 2.24) is 5.32 Å². The van der Waals surface area contributed by atoms with Gasteiger partial charge in [-0.2, -0.15) is 0 Å². The molecule has 1 aliphatic rings. The van der Waals surface area contributed by atoms with Crippen molar-refractivity contribution in [2.75, 3.05) is 27.4 Å². The third-order valence-corrected chi connectivity index (χ3v) is 2.74. The lowest BCUT2D eigenvalue weighted by Crippen LogP contribution is -2.50. The van der Waals surface area contributed by atoms with Crippen molar-refractivity contribution in [1.29, 1.82) is 0 Å². The zero-order chi connectivity index (χ0) is 10.4. The Bertz CT molecular complexity index is 142. The Morgan fingerprint density at radius 1 is 1.43 bits per heavy atom. The molecule has 1 aliphatic carbocycles. The van der Waals surface area contributed by atoms with Crippen LogP contribution in [0.2, 0.25) is 0 Å². The molecule has 0 heterocycles. The van der Waals surface area contributed by atoms with E-state index in [0.29, 0.717) is 18.8 Å². The van der Waals surface area contributed by atoms with E-state index in [1.54, 1.807) is 14.2 Å². The Morgan fingerprint density at radius 3 is 2.64 bits per heavy atom. The van der Waals surface area contributed by atoms with Gasteiger partial charge >= 0.3 is 0 Å². The zero-order valence-electron chi connectivity index (χ0n) is 9.03. The zero-order valence-corrected chi connectivity index (χ0v) is 9.03. The van der Waals surface area contributed by atoms with Gasteiger partial charge in [-0.15, -0.1) is 0 Å². The molecular weight excluding hydrogens is 182 g/mol. The first-order valence-electron chi connectivity index (χ1n) is 5.18. The van der Waals surface area contributed by atoms with Crippen LogP contribution in [0, 0.1) is 0 Å². The fourth-order valence-electron chi connectivity index (χ4n) is 1.80. The quantitative estimate of drug-likeness (QED) is 0.618. The topological polar surface area (TPSA) is 50.7 Å². The van der Waals surface area contributed by atoms with E-state index in [9.17, 15) is 0 Å². The van der Waals surface area contributed by atoms with E-state index in [2.05, 4.69) is 5.32 Å². The van der Waals surface area contributed by atoms with Crippen molar-refractivity contribution in [3.05, 3.63) is 0 Å². The summed E-state index contributed by atoms with van der Waals surface area (Å²) in [5, 5.41) is 12.3. The van der Waals surface area contributed by atoms with E-state index in [1.807, 2.05) is 0 Å². The number of nitrogens with one attached hydrogen (secondary N) is 1. The Hall–Kier alpha value is -0.160. The van der Waals surface area contributed by atoms with Crippen LogP contribution < -0.4 is 5.32 Å². The molecule has 1 atom stereocenters. The summed E-state index contributed by atoms with van der Waals surface area (Å²) in [6.07, 6.45) is 3.32. The number of ether oxygens (including phenoxy) is 2. The number of hydrogen-bond donors (Lipinski definition) is 2. The summed E-state index contributed by atoms with van der Waals surface area (Å²) in [7, 11) is 3.44. The second-order valence-corrected chi connectivity index (χ2v) is 3.86. The molecule has 0 radical (unpaired) electrons. The van der Waals surface area contributed by atoms with E-state index in [4.69, 9.17) is 14.6 Å². The number of methoxy groups -OCH3 is 2. The average Bonchev–Trinajstić information content (AvgIpc) is 2.11. The number of aliphatic hydroxyl groups excluding tert-OH is 1. The molecule has 1 rings (SSSR count). The van der Waals surface area contributed by atoms with Crippen molar-refractivity contribution in [3.63, 3.8) is 0 Å². The molecule has 1 fully saturated rings. The Balaban J connectivity index is 2.13. The van der Waals surface area contributed by atoms with Crippen molar-refractivity contribution >= 4 is 0 Å². The molecule has 0 bridgehead atoms. The minimum absolute atomic E-state index is 0.210. The summed E-state index contributed by atoms with van der Waals surface area (Å²) in [4.78, 5) is 0. The van der Waals surface area contributed by atoms with E-state index in [0.717, 1.165) is 19.3 Å². The lowest BCUT2D eigenvalue weighted by Gasteiger charge is -2.37. The minimum atomic E-state index is 0.210. The van der Waals surface area contributed by atoms with Gasteiger partial charge in [0.25, 0.3) is 0 Å². The maximum atomic E-state index is 8.84. The van der Waals surface area contributed by atoms with Crippen LogP contribution in [0.3, 0.4) is 0 Å². The van der Waals surface area contributed by atoms with E-state index in [-0.39, 0.29) is 12.6 Å². The van der Waals surface area contributed by atoms with Gasteiger partial charge in [0.05, 0.1) is 12.7 Å². The molecular formula is C10H21NO3. The first-order chi connectivity index (χ1) is 6.80. The predicted octanol–water partition coefficient (Wildman–Crippen LogP) is 0.151. The maximum Gasteiger partial charge on any atom is 0.0616 e. The summed E-state index contributed by atoms with van der Waals surface area (Å²) in [5.74, 6) is 0. The minimum Gasteiger partial charge on any atom is -0.396 e. The summed E-state index contributed by atoms with van der Waals surface area (Å²) in [5.41, 5.74) is 0. The Labute approximate surface area is 85.6 Å². The molecule has 2 N–H and O–H groups in total. The molecule has 0 saturated heterocycles. The standard InChI is InChI=1S/C10H21NO3/c1-13-7-8(3-4-12)11-9-5-10(6-9)14-2/h8-12H,3-7H2,1-2H3. The lowest BCUT2D eigenvalue weighted by molar-refractivity contribution is 0.00915. The van der Waals surface area contributed by atoms with Gasteiger partial charge in [0, 0.05) is 32.9 Å². The van der Waals surface area contributed by atoms with Gasteiger partial charge in [-0.25, -0.2) is 0 Å². The molecule has 1 unspecified atom stereocenters. The van der Waals surface area contributed by atoms with E-state index in [1.165, 1.54) is 0 Å². The van der Waals surface area contributed by atoms with Gasteiger partial charge in [-0.3, -0.25) is 0 Å².